The summed E-state index contributed by atoms with van der Waals surface area (Å²) in [6, 6.07) is 10.8. The molecule has 2 aliphatic rings. The average Bonchev–Trinajstić information content (AvgIpc) is 2.47. The Morgan fingerprint density at radius 3 is 2.67 bits per heavy atom. The van der Waals surface area contributed by atoms with Crippen molar-refractivity contribution in [1.29, 1.82) is 0 Å². The average molecular weight is 297 g/mol. The summed E-state index contributed by atoms with van der Waals surface area (Å²) < 4.78 is 0.771. The van der Waals surface area contributed by atoms with Gasteiger partial charge in [0, 0.05) is 30.8 Å². The van der Waals surface area contributed by atoms with Crippen LogP contribution in [0.2, 0.25) is 0 Å². The standard InChI is InChI=1S/C17H19N3S/c21-15-13-11-18-10-7-14(13)19-16(20-15)17(8-4-9-17)12-5-2-1-3-6-12/h1-3,5-6,18H,4,7-11H2,(H,19,20,21). The maximum Gasteiger partial charge on any atom is 0.134 e. The molecule has 1 aromatic carbocycles. The molecule has 0 spiro atoms. The first-order valence-electron chi connectivity index (χ1n) is 7.68. The summed E-state index contributed by atoms with van der Waals surface area (Å²) in [5, 5.41) is 3.37. The van der Waals surface area contributed by atoms with Crippen LogP contribution in [-0.2, 0) is 18.4 Å². The van der Waals surface area contributed by atoms with E-state index < -0.39 is 0 Å². The van der Waals surface area contributed by atoms with Gasteiger partial charge in [-0.05, 0) is 18.4 Å². The molecule has 2 aromatic rings. The molecule has 0 amide bonds. The Kier molecular flexibility index (Phi) is 3.16. The molecule has 2 heterocycles. The third-order valence-electron chi connectivity index (χ3n) is 4.95. The highest BCUT2D eigenvalue weighted by atomic mass is 32.1. The van der Waals surface area contributed by atoms with E-state index >= 15 is 0 Å². The predicted molar refractivity (Wildman–Crippen MR) is 85.9 cm³/mol. The van der Waals surface area contributed by atoms with Gasteiger partial charge in [-0.2, -0.15) is 0 Å². The zero-order chi connectivity index (χ0) is 14.3. The van der Waals surface area contributed by atoms with Crippen molar-refractivity contribution in [3.63, 3.8) is 0 Å². The van der Waals surface area contributed by atoms with Gasteiger partial charge in [0.1, 0.15) is 10.5 Å². The maximum absolute atomic E-state index is 5.55. The van der Waals surface area contributed by atoms with Gasteiger partial charge in [0.2, 0.25) is 0 Å². The first-order chi connectivity index (χ1) is 10.3. The Hall–Kier alpha value is -1.52. The lowest BCUT2D eigenvalue weighted by molar-refractivity contribution is 0.283. The molecule has 0 bridgehead atoms. The third-order valence-corrected chi connectivity index (χ3v) is 5.28. The monoisotopic (exact) mass is 297 g/mol. The second kappa shape index (κ2) is 5.04. The summed E-state index contributed by atoms with van der Waals surface area (Å²) >= 11 is 5.55. The van der Waals surface area contributed by atoms with E-state index in [9.17, 15) is 0 Å². The van der Waals surface area contributed by atoms with Gasteiger partial charge >= 0.3 is 0 Å². The van der Waals surface area contributed by atoms with Crippen molar-refractivity contribution in [1.82, 2.24) is 15.3 Å². The van der Waals surface area contributed by atoms with Crippen LogP contribution in [0.4, 0.5) is 0 Å². The van der Waals surface area contributed by atoms with Crippen LogP contribution >= 0.6 is 12.2 Å². The number of aromatic nitrogens is 2. The van der Waals surface area contributed by atoms with Crippen LogP contribution in [0.3, 0.4) is 0 Å². The van der Waals surface area contributed by atoms with Crippen molar-refractivity contribution in [2.24, 2.45) is 0 Å². The van der Waals surface area contributed by atoms with Crippen LogP contribution in [0, 0.1) is 4.64 Å². The van der Waals surface area contributed by atoms with Gasteiger partial charge in [-0.25, -0.2) is 4.98 Å². The van der Waals surface area contributed by atoms with E-state index in [-0.39, 0.29) is 5.41 Å². The molecular formula is C17H19N3S. The van der Waals surface area contributed by atoms with Crippen molar-refractivity contribution in [2.75, 3.05) is 6.54 Å². The molecule has 1 aromatic heterocycles. The number of benzene rings is 1. The lowest BCUT2D eigenvalue weighted by Gasteiger charge is -2.42. The lowest BCUT2D eigenvalue weighted by Crippen LogP contribution is -2.38. The van der Waals surface area contributed by atoms with Crippen molar-refractivity contribution in [3.8, 4) is 0 Å². The molecule has 4 rings (SSSR count). The number of hydrogen-bond donors (Lipinski definition) is 2. The van der Waals surface area contributed by atoms with E-state index in [1.807, 2.05) is 0 Å². The van der Waals surface area contributed by atoms with Gasteiger partial charge in [0.15, 0.2) is 0 Å². The van der Waals surface area contributed by atoms with E-state index in [1.165, 1.54) is 23.2 Å². The van der Waals surface area contributed by atoms with Crippen LogP contribution < -0.4 is 5.32 Å². The Bertz CT molecular complexity index is 717. The summed E-state index contributed by atoms with van der Waals surface area (Å²) in [5.41, 5.74) is 3.88. The quantitative estimate of drug-likeness (QED) is 0.836. The van der Waals surface area contributed by atoms with Crippen molar-refractivity contribution < 1.29 is 0 Å². The Balaban J connectivity index is 1.85. The van der Waals surface area contributed by atoms with Crippen molar-refractivity contribution >= 4 is 12.2 Å². The number of hydrogen-bond acceptors (Lipinski definition) is 3. The normalized spacial score (nSPS) is 19.6. The molecule has 1 aliphatic heterocycles. The highest BCUT2D eigenvalue weighted by molar-refractivity contribution is 7.71. The summed E-state index contributed by atoms with van der Waals surface area (Å²) in [6.45, 7) is 1.86. The summed E-state index contributed by atoms with van der Waals surface area (Å²) in [7, 11) is 0. The molecule has 0 unspecified atom stereocenters. The minimum Gasteiger partial charge on any atom is -0.346 e. The van der Waals surface area contributed by atoms with E-state index in [2.05, 4.69) is 40.6 Å². The maximum atomic E-state index is 5.55. The zero-order valence-electron chi connectivity index (χ0n) is 12.0. The molecule has 0 saturated heterocycles. The SMILES string of the molecule is S=c1nc(C2(c3ccccc3)CCC2)[nH]c2c1CNCC2. The fourth-order valence-electron chi connectivity index (χ4n) is 3.54. The number of H-pyrrole nitrogens is 1. The number of nitrogens with one attached hydrogen (secondary N) is 2. The van der Waals surface area contributed by atoms with Gasteiger partial charge in [-0.3, -0.25) is 0 Å². The molecule has 21 heavy (non-hydrogen) atoms. The fraction of sp³-hybridized carbons (Fsp3) is 0.412. The summed E-state index contributed by atoms with van der Waals surface area (Å²) in [5.74, 6) is 1.07. The van der Waals surface area contributed by atoms with E-state index in [0.29, 0.717) is 0 Å². The highest BCUT2D eigenvalue weighted by Gasteiger charge is 2.42. The molecular weight excluding hydrogens is 278 g/mol. The molecule has 0 radical (unpaired) electrons. The number of nitrogens with zero attached hydrogens (tertiary/aromatic N) is 1. The minimum atomic E-state index is 0.0503. The Morgan fingerprint density at radius 2 is 1.95 bits per heavy atom. The zero-order valence-corrected chi connectivity index (χ0v) is 12.8. The van der Waals surface area contributed by atoms with Gasteiger partial charge in [-0.1, -0.05) is 49.0 Å². The van der Waals surface area contributed by atoms with Crippen LogP contribution in [-0.4, -0.2) is 16.5 Å². The molecule has 2 N–H and O–H groups in total. The predicted octanol–water partition coefficient (Wildman–Crippen LogP) is 3.25. The Morgan fingerprint density at radius 1 is 1.14 bits per heavy atom. The molecule has 4 heteroatoms. The second-order valence-corrected chi connectivity index (χ2v) is 6.46. The number of fused-ring (bicyclic) bond motifs is 1. The molecule has 1 aliphatic carbocycles. The van der Waals surface area contributed by atoms with Gasteiger partial charge in [0.25, 0.3) is 0 Å². The fourth-order valence-corrected chi connectivity index (χ4v) is 3.83. The van der Waals surface area contributed by atoms with E-state index in [1.54, 1.807) is 0 Å². The molecule has 0 atom stereocenters. The number of aromatic amines is 1. The second-order valence-electron chi connectivity index (χ2n) is 6.08. The first kappa shape index (κ1) is 13.2. The van der Waals surface area contributed by atoms with Crippen LogP contribution in [0.1, 0.15) is 41.9 Å². The smallest absolute Gasteiger partial charge is 0.134 e. The van der Waals surface area contributed by atoms with Crippen molar-refractivity contribution in [2.45, 2.75) is 37.6 Å². The lowest BCUT2D eigenvalue weighted by atomic mass is 9.64. The van der Waals surface area contributed by atoms with Crippen LogP contribution in [0.15, 0.2) is 30.3 Å². The minimum absolute atomic E-state index is 0.0503. The Labute approximate surface area is 129 Å². The van der Waals surface area contributed by atoms with Gasteiger partial charge in [-0.15, -0.1) is 0 Å². The summed E-state index contributed by atoms with van der Waals surface area (Å²) in [6.07, 6.45) is 4.59. The molecule has 1 saturated carbocycles. The largest absolute Gasteiger partial charge is 0.346 e. The topological polar surface area (TPSA) is 40.7 Å². The highest BCUT2D eigenvalue weighted by Crippen LogP contribution is 2.47. The van der Waals surface area contributed by atoms with Crippen LogP contribution in [0.5, 0.6) is 0 Å². The molecule has 1 fully saturated rings. The van der Waals surface area contributed by atoms with E-state index in [4.69, 9.17) is 17.2 Å². The third kappa shape index (κ3) is 2.05. The van der Waals surface area contributed by atoms with Crippen molar-refractivity contribution in [3.05, 3.63) is 57.6 Å². The van der Waals surface area contributed by atoms with Crippen LogP contribution in [0.25, 0.3) is 0 Å². The summed E-state index contributed by atoms with van der Waals surface area (Å²) in [4.78, 5) is 8.41. The molecule has 3 nitrogen and oxygen atoms in total. The van der Waals surface area contributed by atoms with E-state index in [0.717, 1.165) is 42.8 Å². The van der Waals surface area contributed by atoms with Gasteiger partial charge in [0.05, 0.1) is 5.41 Å². The van der Waals surface area contributed by atoms with Gasteiger partial charge < -0.3 is 10.3 Å². The first-order valence-corrected chi connectivity index (χ1v) is 8.09. The number of rotatable bonds is 2. The molecule has 108 valence electrons.